The first-order chi connectivity index (χ1) is 8.67. The first kappa shape index (κ1) is 13.4. The normalized spacial score (nSPS) is 29.7. The van der Waals surface area contributed by atoms with E-state index in [4.69, 9.17) is 5.26 Å². The van der Waals surface area contributed by atoms with Gasteiger partial charge in [0.2, 0.25) is 5.91 Å². The molecule has 2 bridgehead atoms. The fourth-order valence-corrected chi connectivity index (χ4v) is 3.26. The van der Waals surface area contributed by atoms with Crippen LogP contribution in [0.2, 0.25) is 0 Å². The summed E-state index contributed by atoms with van der Waals surface area (Å²) >= 11 is 0. The average Bonchev–Trinajstić information content (AvgIpc) is 2.59. The molecule has 2 rings (SSSR count). The molecule has 3 unspecified atom stereocenters. The first-order valence-electron chi connectivity index (χ1n) is 7.07. The zero-order valence-corrected chi connectivity index (χ0v) is 11.4. The van der Waals surface area contributed by atoms with E-state index in [1.54, 1.807) is 0 Å². The summed E-state index contributed by atoms with van der Waals surface area (Å²) in [7, 11) is 2.17. The van der Waals surface area contributed by atoms with Gasteiger partial charge in [0.25, 0.3) is 0 Å². The molecule has 18 heavy (non-hydrogen) atoms. The van der Waals surface area contributed by atoms with E-state index in [-0.39, 0.29) is 5.91 Å². The van der Waals surface area contributed by atoms with Crippen LogP contribution in [0.5, 0.6) is 0 Å². The largest absolute Gasteiger partial charge is 0.340 e. The highest BCUT2D eigenvalue weighted by atomic mass is 16.2. The number of hydrogen-bond donors (Lipinski definition) is 0. The Balaban J connectivity index is 2.01. The number of likely N-dealkylation sites (tertiary alicyclic amines) is 1. The predicted molar refractivity (Wildman–Crippen MR) is 69.8 cm³/mol. The van der Waals surface area contributed by atoms with Crippen molar-refractivity contribution in [3.8, 4) is 6.07 Å². The summed E-state index contributed by atoms with van der Waals surface area (Å²) in [6.07, 6.45) is 5.10. The van der Waals surface area contributed by atoms with Gasteiger partial charge in [0.15, 0.2) is 0 Å². The number of fused-ring (bicyclic) bond motifs is 2. The average molecular weight is 249 g/mol. The van der Waals surface area contributed by atoms with Crippen LogP contribution in [0.1, 0.15) is 39.0 Å². The minimum absolute atomic E-state index is 0.0558. The highest BCUT2D eigenvalue weighted by Crippen LogP contribution is 2.29. The molecule has 2 aliphatic rings. The molecule has 0 aromatic heterocycles. The van der Waals surface area contributed by atoms with E-state index in [1.165, 1.54) is 12.8 Å². The van der Waals surface area contributed by atoms with Crippen molar-refractivity contribution < 1.29 is 4.79 Å². The monoisotopic (exact) mass is 249 g/mol. The molecule has 3 atom stereocenters. The van der Waals surface area contributed by atoms with E-state index >= 15 is 0 Å². The maximum absolute atomic E-state index is 12.3. The van der Waals surface area contributed by atoms with Crippen molar-refractivity contribution >= 4 is 5.91 Å². The highest BCUT2D eigenvalue weighted by molar-refractivity contribution is 5.81. The minimum atomic E-state index is -0.433. The molecule has 100 valence electrons. The van der Waals surface area contributed by atoms with E-state index in [0.717, 1.165) is 25.9 Å². The number of carbonyl (C=O) groups excluding carboxylic acids is 1. The van der Waals surface area contributed by atoms with Gasteiger partial charge in [0, 0.05) is 25.2 Å². The standard InChI is InChI=1S/C14H23N3O/c1-3-4-11(9-15)14(18)17-8-7-12-5-6-13(10-17)16(12)2/h11-13H,3-8,10H2,1-2H3. The molecule has 1 amide bonds. The number of carbonyl (C=O) groups is 1. The van der Waals surface area contributed by atoms with Crippen molar-refractivity contribution in [2.45, 2.75) is 51.1 Å². The number of likely N-dealkylation sites (N-methyl/N-ethyl adjacent to an activating group) is 1. The molecule has 0 saturated carbocycles. The molecule has 4 heteroatoms. The number of amides is 1. The second kappa shape index (κ2) is 5.71. The molecule has 2 fully saturated rings. The van der Waals surface area contributed by atoms with Crippen molar-refractivity contribution in [2.75, 3.05) is 20.1 Å². The molecule has 2 heterocycles. The molecule has 0 aliphatic carbocycles. The van der Waals surface area contributed by atoms with Crippen molar-refractivity contribution in [3.63, 3.8) is 0 Å². The summed E-state index contributed by atoms with van der Waals surface area (Å²) in [5.74, 6) is -0.378. The van der Waals surface area contributed by atoms with Crippen LogP contribution in [0.3, 0.4) is 0 Å². The van der Waals surface area contributed by atoms with Crippen LogP contribution in [0.15, 0.2) is 0 Å². The molecule has 0 aromatic carbocycles. The van der Waals surface area contributed by atoms with Crippen LogP contribution in [0.25, 0.3) is 0 Å². The van der Waals surface area contributed by atoms with Crippen molar-refractivity contribution in [1.82, 2.24) is 9.80 Å². The Kier molecular flexibility index (Phi) is 4.23. The van der Waals surface area contributed by atoms with E-state index in [0.29, 0.717) is 18.5 Å². The molecule has 2 aliphatic heterocycles. The van der Waals surface area contributed by atoms with E-state index in [2.05, 4.69) is 18.0 Å². The van der Waals surface area contributed by atoms with Gasteiger partial charge >= 0.3 is 0 Å². The third-order valence-corrected chi connectivity index (χ3v) is 4.49. The van der Waals surface area contributed by atoms with Gasteiger partial charge < -0.3 is 4.90 Å². The van der Waals surface area contributed by atoms with E-state index < -0.39 is 5.92 Å². The van der Waals surface area contributed by atoms with Crippen LogP contribution in [-0.4, -0.2) is 47.9 Å². The Morgan fingerprint density at radius 3 is 2.78 bits per heavy atom. The lowest BCUT2D eigenvalue weighted by atomic mass is 10.0. The van der Waals surface area contributed by atoms with Crippen molar-refractivity contribution in [2.24, 2.45) is 5.92 Å². The quantitative estimate of drug-likeness (QED) is 0.763. The molecule has 0 spiro atoms. The third-order valence-electron chi connectivity index (χ3n) is 4.49. The predicted octanol–water partition coefficient (Wildman–Crippen LogP) is 1.62. The summed E-state index contributed by atoms with van der Waals surface area (Å²) in [5.41, 5.74) is 0. The zero-order valence-electron chi connectivity index (χ0n) is 11.4. The SMILES string of the molecule is CCCC(C#N)C(=O)N1CCC2CCC(C1)N2C. The lowest BCUT2D eigenvalue weighted by molar-refractivity contribution is -0.134. The molecule has 2 saturated heterocycles. The fraction of sp³-hybridized carbons (Fsp3) is 0.857. The fourth-order valence-electron chi connectivity index (χ4n) is 3.26. The third kappa shape index (κ3) is 2.51. The Morgan fingerprint density at radius 2 is 2.11 bits per heavy atom. The first-order valence-corrected chi connectivity index (χ1v) is 7.07. The molecule has 0 aromatic rings. The topological polar surface area (TPSA) is 47.3 Å². The van der Waals surface area contributed by atoms with Gasteiger partial charge in [0.1, 0.15) is 5.92 Å². The molecular weight excluding hydrogens is 226 g/mol. The van der Waals surface area contributed by atoms with Crippen LogP contribution in [-0.2, 0) is 4.79 Å². The molecular formula is C14H23N3O. The van der Waals surface area contributed by atoms with Crippen LogP contribution < -0.4 is 0 Å². The second-order valence-electron chi connectivity index (χ2n) is 5.59. The number of nitriles is 1. The summed E-state index contributed by atoms with van der Waals surface area (Å²) in [4.78, 5) is 16.7. The number of hydrogen-bond acceptors (Lipinski definition) is 3. The summed E-state index contributed by atoms with van der Waals surface area (Å²) < 4.78 is 0. The van der Waals surface area contributed by atoms with Crippen molar-refractivity contribution in [3.05, 3.63) is 0 Å². The maximum atomic E-state index is 12.3. The van der Waals surface area contributed by atoms with Gasteiger partial charge in [-0.25, -0.2) is 0 Å². The van der Waals surface area contributed by atoms with E-state index in [1.807, 2.05) is 11.8 Å². The van der Waals surface area contributed by atoms with Crippen molar-refractivity contribution in [1.29, 1.82) is 5.26 Å². The molecule has 0 N–H and O–H groups in total. The number of nitrogens with zero attached hydrogens (tertiary/aromatic N) is 3. The van der Waals surface area contributed by atoms with Gasteiger partial charge in [-0.15, -0.1) is 0 Å². The Hall–Kier alpha value is -1.08. The minimum Gasteiger partial charge on any atom is -0.340 e. The van der Waals surface area contributed by atoms with Gasteiger partial charge in [-0.05, 0) is 32.7 Å². The van der Waals surface area contributed by atoms with E-state index in [9.17, 15) is 4.79 Å². The second-order valence-corrected chi connectivity index (χ2v) is 5.59. The van der Waals surface area contributed by atoms with Crippen LogP contribution in [0, 0.1) is 17.2 Å². The molecule has 4 nitrogen and oxygen atoms in total. The van der Waals surface area contributed by atoms with Crippen LogP contribution in [0.4, 0.5) is 0 Å². The Bertz CT molecular complexity index is 349. The molecule has 0 radical (unpaired) electrons. The highest BCUT2D eigenvalue weighted by Gasteiger charge is 2.37. The summed E-state index contributed by atoms with van der Waals surface area (Å²) in [6.45, 7) is 3.66. The van der Waals surface area contributed by atoms with Gasteiger partial charge in [0.05, 0.1) is 6.07 Å². The summed E-state index contributed by atoms with van der Waals surface area (Å²) in [5, 5.41) is 9.10. The number of rotatable bonds is 3. The van der Waals surface area contributed by atoms with Gasteiger partial charge in [-0.2, -0.15) is 5.26 Å². The summed E-state index contributed by atoms with van der Waals surface area (Å²) in [6, 6.07) is 3.31. The smallest absolute Gasteiger partial charge is 0.239 e. The maximum Gasteiger partial charge on any atom is 0.239 e. The Morgan fingerprint density at radius 1 is 1.39 bits per heavy atom. The lowest BCUT2D eigenvalue weighted by Crippen LogP contribution is -2.42. The zero-order chi connectivity index (χ0) is 13.1. The van der Waals surface area contributed by atoms with Gasteiger partial charge in [-0.1, -0.05) is 13.3 Å². The van der Waals surface area contributed by atoms with Gasteiger partial charge in [-0.3, -0.25) is 9.69 Å². The Labute approximate surface area is 110 Å². The van der Waals surface area contributed by atoms with Crippen LogP contribution >= 0.6 is 0 Å². The lowest BCUT2D eigenvalue weighted by Gasteiger charge is -2.27.